The van der Waals surface area contributed by atoms with E-state index in [1.807, 2.05) is 4.90 Å². The van der Waals surface area contributed by atoms with E-state index in [0.717, 1.165) is 38.8 Å². The van der Waals surface area contributed by atoms with Crippen molar-refractivity contribution in [1.82, 2.24) is 10.2 Å². The lowest BCUT2D eigenvalue weighted by atomic mass is 9.88. The van der Waals surface area contributed by atoms with E-state index < -0.39 is 0 Å². The summed E-state index contributed by atoms with van der Waals surface area (Å²) in [7, 11) is 3.05. The standard InChI is InChI=1S/C24H37N3O5/c1-17-9-5-6-10-20(17)32-14-11-25-24(29)26-19-16-22(31-3)21(30-2)15-18(19)23(28)27-12-7-4-8-13-27/h15-17,20H,4-14H2,1-3H3,(H2,25,26,29)/t17-,20+/m1/s1. The molecule has 1 aliphatic heterocycles. The number of nitrogens with zero attached hydrogens (tertiary/aromatic N) is 1. The maximum Gasteiger partial charge on any atom is 0.319 e. The predicted molar refractivity (Wildman–Crippen MR) is 124 cm³/mol. The molecule has 1 aromatic carbocycles. The van der Waals surface area contributed by atoms with Gasteiger partial charge >= 0.3 is 6.03 Å². The summed E-state index contributed by atoms with van der Waals surface area (Å²) in [4.78, 5) is 27.6. The van der Waals surface area contributed by atoms with E-state index in [1.165, 1.54) is 33.5 Å². The first-order valence-electron chi connectivity index (χ1n) is 11.7. The van der Waals surface area contributed by atoms with Crippen LogP contribution in [0.5, 0.6) is 11.5 Å². The van der Waals surface area contributed by atoms with E-state index in [2.05, 4.69) is 17.6 Å². The van der Waals surface area contributed by atoms with Crippen LogP contribution in [0, 0.1) is 5.92 Å². The number of anilines is 1. The Bertz CT molecular complexity index is 779. The summed E-state index contributed by atoms with van der Waals surface area (Å²) in [5.74, 6) is 1.35. The van der Waals surface area contributed by atoms with Gasteiger partial charge in [0.15, 0.2) is 11.5 Å². The van der Waals surface area contributed by atoms with Crippen LogP contribution >= 0.6 is 0 Å². The molecule has 2 aliphatic rings. The second-order valence-corrected chi connectivity index (χ2v) is 8.66. The third kappa shape index (κ3) is 6.28. The first kappa shape index (κ1) is 24.2. The highest BCUT2D eigenvalue weighted by Gasteiger charge is 2.24. The largest absolute Gasteiger partial charge is 0.493 e. The Hall–Kier alpha value is -2.48. The predicted octanol–water partition coefficient (Wildman–Crippen LogP) is 4.05. The molecule has 1 saturated heterocycles. The van der Waals surface area contributed by atoms with Gasteiger partial charge in [-0.3, -0.25) is 4.79 Å². The van der Waals surface area contributed by atoms with Crippen LogP contribution in [-0.2, 0) is 4.74 Å². The smallest absolute Gasteiger partial charge is 0.319 e. The van der Waals surface area contributed by atoms with Crippen molar-refractivity contribution in [2.45, 2.75) is 58.0 Å². The molecule has 0 unspecified atom stereocenters. The van der Waals surface area contributed by atoms with Gasteiger partial charge in [-0.1, -0.05) is 19.8 Å². The summed E-state index contributed by atoms with van der Waals surface area (Å²) < 4.78 is 16.7. The van der Waals surface area contributed by atoms with Crippen molar-refractivity contribution < 1.29 is 23.8 Å². The number of ether oxygens (including phenoxy) is 3. The first-order valence-corrected chi connectivity index (χ1v) is 11.7. The van der Waals surface area contributed by atoms with Gasteiger partial charge in [-0.2, -0.15) is 0 Å². The van der Waals surface area contributed by atoms with Crippen LogP contribution < -0.4 is 20.1 Å². The average molecular weight is 448 g/mol. The fraction of sp³-hybridized carbons (Fsp3) is 0.667. The summed E-state index contributed by atoms with van der Waals surface area (Å²) in [5, 5.41) is 5.64. The Morgan fingerprint density at radius 3 is 2.38 bits per heavy atom. The van der Waals surface area contributed by atoms with Crippen LogP contribution in [0.4, 0.5) is 10.5 Å². The fourth-order valence-corrected chi connectivity index (χ4v) is 4.50. The van der Waals surface area contributed by atoms with Gasteiger partial charge in [-0.05, 0) is 44.1 Å². The molecular formula is C24H37N3O5. The molecule has 0 spiro atoms. The number of hydrogen-bond donors (Lipinski definition) is 2. The maximum absolute atomic E-state index is 13.2. The molecule has 0 radical (unpaired) electrons. The van der Waals surface area contributed by atoms with Crippen LogP contribution in [0.15, 0.2) is 12.1 Å². The number of piperidine rings is 1. The van der Waals surface area contributed by atoms with Gasteiger partial charge in [-0.25, -0.2) is 4.79 Å². The zero-order valence-corrected chi connectivity index (χ0v) is 19.6. The molecule has 2 fully saturated rings. The second-order valence-electron chi connectivity index (χ2n) is 8.66. The summed E-state index contributed by atoms with van der Waals surface area (Å²) in [6, 6.07) is 2.89. The highest BCUT2D eigenvalue weighted by Crippen LogP contribution is 2.34. The van der Waals surface area contributed by atoms with E-state index >= 15 is 0 Å². The lowest BCUT2D eigenvalue weighted by Gasteiger charge is -2.28. The molecule has 3 rings (SSSR count). The van der Waals surface area contributed by atoms with Gasteiger partial charge < -0.3 is 29.7 Å². The summed E-state index contributed by atoms with van der Waals surface area (Å²) in [5.41, 5.74) is 0.796. The van der Waals surface area contributed by atoms with Crippen LogP contribution in [0.1, 0.15) is 62.2 Å². The third-order valence-corrected chi connectivity index (χ3v) is 6.40. The summed E-state index contributed by atoms with van der Waals surface area (Å²) in [6.45, 7) is 4.53. The quantitative estimate of drug-likeness (QED) is 0.587. The number of urea groups is 1. The number of rotatable bonds is 8. The summed E-state index contributed by atoms with van der Waals surface area (Å²) >= 11 is 0. The normalized spacial score (nSPS) is 21.0. The lowest BCUT2D eigenvalue weighted by Crippen LogP contribution is -2.37. The topological polar surface area (TPSA) is 89.1 Å². The minimum atomic E-state index is -0.384. The van der Waals surface area contributed by atoms with Gasteiger partial charge in [0.2, 0.25) is 0 Å². The zero-order valence-electron chi connectivity index (χ0n) is 19.6. The monoisotopic (exact) mass is 447 g/mol. The molecule has 178 valence electrons. The minimum Gasteiger partial charge on any atom is -0.493 e. The Morgan fingerprint density at radius 2 is 1.69 bits per heavy atom. The van der Waals surface area contributed by atoms with Crippen molar-refractivity contribution >= 4 is 17.6 Å². The van der Waals surface area contributed by atoms with Gasteiger partial charge in [0.05, 0.1) is 38.2 Å². The van der Waals surface area contributed by atoms with E-state index in [0.29, 0.717) is 41.8 Å². The van der Waals surface area contributed by atoms with E-state index in [9.17, 15) is 9.59 Å². The Balaban J connectivity index is 1.62. The number of amides is 3. The number of hydrogen-bond acceptors (Lipinski definition) is 5. The highest BCUT2D eigenvalue weighted by atomic mass is 16.5. The Labute approximate surface area is 191 Å². The van der Waals surface area contributed by atoms with Gasteiger partial charge in [0.25, 0.3) is 5.91 Å². The lowest BCUT2D eigenvalue weighted by molar-refractivity contribution is -0.00232. The second kappa shape index (κ2) is 11.9. The van der Waals surface area contributed by atoms with Crippen molar-refractivity contribution in [2.24, 2.45) is 5.92 Å². The number of methoxy groups -OCH3 is 2. The molecule has 1 aromatic rings. The molecule has 1 aliphatic carbocycles. The molecule has 32 heavy (non-hydrogen) atoms. The van der Waals surface area contributed by atoms with Gasteiger partial charge in [0.1, 0.15) is 0 Å². The molecular weight excluding hydrogens is 410 g/mol. The minimum absolute atomic E-state index is 0.115. The number of likely N-dealkylation sites (tertiary alicyclic amines) is 1. The van der Waals surface area contributed by atoms with Crippen LogP contribution in [0.2, 0.25) is 0 Å². The molecule has 1 heterocycles. The number of nitrogens with one attached hydrogen (secondary N) is 2. The zero-order chi connectivity index (χ0) is 22.9. The molecule has 0 aromatic heterocycles. The SMILES string of the molecule is COc1cc(NC(=O)NCCO[C@H]2CCCC[C@H]2C)c(C(=O)N2CCCCC2)cc1OC. The average Bonchev–Trinajstić information content (AvgIpc) is 2.82. The van der Waals surface area contributed by atoms with Crippen LogP contribution in [-0.4, -0.2) is 63.4 Å². The molecule has 8 nitrogen and oxygen atoms in total. The molecule has 3 amide bonds. The number of carbonyl (C=O) groups excluding carboxylic acids is 2. The van der Waals surface area contributed by atoms with Gasteiger partial charge in [-0.15, -0.1) is 0 Å². The van der Waals surface area contributed by atoms with Crippen molar-refractivity contribution in [1.29, 1.82) is 0 Å². The third-order valence-electron chi connectivity index (χ3n) is 6.40. The van der Waals surface area contributed by atoms with Crippen LogP contribution in [0.3, 0.4) is 0 Å². The molecule has 2 atom stereocenters. The van der Waals surface area contributed by atoms with E-state index in [1.54, 1.807) is 12.1 Å². The van der Waals surface area contributed by atoms with Crippen molar-refractivity contribution in [3.05, 3.63) is 17.7 Å². The first-order chi connectivity index (χ1) is 15.5. The Morgan fingerprint density at radius 1 is 1.00 bits per heavy atom. The highest BCUT2D eigenvalue weighted by molar-refractivity contribution is 6.04. The van der Waals surface area contributed by atoms with Crippen molar-refractivity contribution in [3.8, 4) is 11.5 Å². The van der Waals surface area contributed by atoms with E-state index in [4.69, 9.17) is 14.2 Å². The molecule has 2 N–H and O–H groups in total. The molecule has 1 saturated carbocycles. The van der Waals surface area contributed by atoms with Crippen LogP contribution in [0.25, 0.3) is 0 Å². The molecule has 0 bridgehead atoms. The Kier molecular flexibility index (Phi) is 9.02. The van der Waals surface area contributed by atoms with Crippen molar-refractivity contribution in [2.75, 3.05) is 45.8 Å². The number of carbonyl (C=O) groups is 2. The van der Waals surface area contributed by atoms with Gasteiger partial charge in [0, 0.05) is 25.7 Å². The number of benzene rings is 1. The summed E-state index contributed by atoms with van der Waals surface area (Å²) in [6.07, 6.45) is 8.14. The fourth-order valence-electron chi connectivity index (χ4n) is 4.50. The molecule has 8 heteroatoms. The maximum atomic E-state index is 13.2. The van der Waals surface area contributed by atoms with E-state index in [-0.39, 0.29) is 18.0 Å². The van der Waals surface area contributed by atoms with Crippen molar-refractivity contribution in [3.63, 3.8) is 0 Å².